The second kappa shape index (κ2) is 4.88. The highest BCUT2D eigenvalue weighted by molar-refractivity contribution is 5.67. The van der Waals surface area contributed by atoms with Gasteiger partial charge >= 0.3 is 5.97 Å². The molecule has 17 heavy (non-hydrogen) atoms. The van der Waals surface area contributed by atoms with Gasteiger partial charge in [-0.25, -0.2) is 8.78 Å². The van der Waals surface area contributed by atoms with E-state index < -0.39 is 24.2 Å². The van der Waals surface area contributed by atoms with Gasteiger partial charge in [-0.2, -0.15) is 0 Å². The summed E-state index contributed by atoms with van der Waals surface area (Å²) in [6, 6.07) is 0. The van der Waals surface area contributed by atoms with Crippen molar-refractivity contribution in [3.8, 4) is 0 Å². The molecule has 0 aliphatic carbocycles. The Balaban J connectivity index is 2.69. The first-order valence-electron chi connectivity index (χ1n) is 5.97. The molecule has 0 aromatic carbocycles. The van der Waals surface area contributed by atoms with Crippen molar-refractivity contribution in [2.24, 2.45) is 5.92 Å². The van der Waals surface area contributed by atoms with E-state index in [9.17, 15) is 13.6 Å². The fourth-order valence-electron chi connectivity index (χ4n) is 2.28. The largest absolute Gasteiger partial charge is 0.481 e. The molecule has 0 spiro atoms. The fraction of sp³-hybridized carbons (Fsp3) is 0.917. The van der Waals surface area contributed by atoms with Crippen LogP contribution in [0.5, 0.6) is 0 Å². The van der Waals surface area contributed by atoms with Gasteiger partial charge in [-0.15, -0.1) is 0 Å². The number of carbonyl (C=O) groups is 1. The van der Waals surface area contributed by atoms with Crippen molar-refractivity contribution in [3.05, 3.63) is 0 Å². The highest BCUT2D eigenvalue weighted by atomic mass is 19.3. The molecular weight excluding hydrogens is 228 g/mol. The summed E-state index contributed by atoms with van der Waals surface area (Å²) in [7, 11) is 0. The number of halogens is 2. The molecule has 0 amide bonds. The van der Waals surface area contributed by atoms with E-state index in [1.807, 2.05) is 25.7 Å². The van der Waals surface area contributed by atoms with Crippen molar-refractivity contribution >= 4 is 5.97 Å². The maximum atomic E-state index is 13.7. The second-order valence-electron chi connectivity index (χ2n) is 5.79. The Morgan fingerprint density at radius 2 is 2.00 bits per heavy atom. The van der Waals surface area contributed by atoms with Crippen LogP contribution in [0.3, 0.4) is 0 Å². The Morgan fingerprint density at radius 3 is 2.47 bits per heavy atom. The summed E-state index contributed by atoms with van der Waals surface area (Å²) >= 11 is 0. The van der Waals surface area contributed by atoms with Crippen molar-refractivity contribution in [2.75, 3.05) is 13.1 Å². The van der Waals surface area contributed by atoms with Gasteiger partial charge < -0.3 is 5.11 Å². The molecule has 100 valence electrons. The van der Waals surface area contributed by atoms with Gasteiger partial charge in [-0.1, -0.05) is 0 Å². The minimum absolute atomic E-state index is 0.141. The minimum Gasteiger partial charge on any atom is -0.481 e. The summed E-state index contributed by atoms with van der Waals surface area (Å²) in [6.07, 6.45) is 0.0552. The van der Waals surface area contributed by atoms with Gasteiger partial charge in [-0.05, 0) is 40.2 Å². The van der Waals surface area contributed by atoms with Crippen LogP contribution >= 0.6 is 0 Å². The summed E-state index contributed by atoms with van der Waals surface area (Å²) in [5, 5.41) is 8.51. The monoisotopic (exact) mass is 249 g/mol. The average molecular weight is 249 g/mol. The molecule has 1 saturated heterocycles. The summed E-state index contributed by atoms with van der Waals surface area (Å²) in [5.74, 6) is -5.37. The standard InChI is InChI=1S/C12H21F2NO2/c1-11(2,3)15-6-4-5-9(8-15)12(13,14)7-10(16)17/h9H,4-8H2,1-3H3,(H,16,17). The second-order valence-corrected chi connectivity index (χ2v) is 5.79. The van der Waals surface area contributed by atoms with E-state index in [-0.39, 0.29) is 12.1 Å². The molecule has 1 atom stereocenters. The Bertz CT molecular complexity index is 287. The molecule has 1 unspecified atom stereocenters. The molecule has 1 aliphatic heterocycles. The van der Waals surface area contributed by atoms with Gasteiger partial charge in [0.2, 0.25) is 0 Å². The quantitative estimate of drug-likeness (QED) is 0.835. The van der Waals surface area contributed by atoms with Crippen LogP contribution in [0, 0.1) is 5.92 Å². The average Bonchev–Trinajstić information content (AvgIpc) is 2.14. The van der Waals surface area contributed by atoms with E-state index in [4.69, 9.17) is 5.11 Å². The summed E-state index contributed by atoms with van der Waals surface area (Å²) < 4.78 is 27.4. The molecule has 0 aromatic rings. The Hall–Kier alpha value is -0.710. The highest BCUT2D eigenvalue weighted by Gasteiger charge is 2.44. The molecule has 1 aliphatic rings. The van der Waals surface area contributed by atoms with Crippen molar-refractivity contribution < 1.29 is 18.7 Å². The predicted octanol–water partition coefficient (Wildman–Crippen LogP) is 2.61. The molecule has 1 N–H and O–H groups in total. The van der Waals surface area contributed by atoms with E-state index in [0.29, 0.717) is 12.8 Å². The van der Waals surface area contributed by atoms with Crippen LogP contribution in [-0.4, -0.2) is 40.5 Å². The third kappa shape index (κ3) is 3.91. The number of carboxylic acids is 1. The molecular formula is C12H21F2NO2. The number of aliphatic carboxylic acids is 1. The lowest BCUT2D eigenvalue weighted by Crippen LogP contribution is -2.51. The van der Waals surface area contributed by atoms with Gasteiger partial charge in [-0.3, -0.25) is 9.69 Å². The SMILES string of the molecule is CC(C)(C)N1CCCC(C(F)(F)CC(=O)O)C1. The van der Waals surface area contributed by atoms with Crippen molar-refractivity contribution in [1.29, 1.82) is 0 Å². The van der Waals surface area contributed by atoms with Gasteiger partial charge in [0.05, 0.1) is 0 Å². The van der Waals surface area contributed by atoms with Crippen LogP contribution in [0.4, 0.5) is 8.78 Å². The van der Waals surface area contributed by atoms with Crippen LogP contribution in [0.2, 0.25) is 0 Å². The number of carboxylic acid groups (broad SMARTS) is 1. The van der Waals surface area contributed by atoms with E-state index >= 15 is 0 Å². The van der Waals surface area contributed by atoms with E-state index in [2.05, 4.69) is 0 Å². The third-order valence-electron chi connectivity index (χ3n) is 3.35. The summed E-state index contributed by atoms with van der Waals surface area (Å²) in [4.78, 5) is 12.5. The first-order chi connectivity index (χ1) is 7.63. The molecule has 5 heteroatoms. The number of hydrogen-bond donors (Lipinski definition) is 1. The number of piperidine rings is 1. The molecule has 1 fully saturated rings. The topological polar surface area (TPSA) is 40.5 Å². The first-order valence-corrected chi connectivity index (χ1v) is 5.97. The van der Waals surface area contributed by atoms with E-state index in [1.54, 1.807) is 0 Å². The van der Waals surface area contributed by atoms with Crippen LogP contribution in [0.25, 0.3) is 0 Å². The maximum Gasteiger partial charge on any atom is 0.309 e. The van der Waals surface area contributed by atoms with Gasteiger partial charge in [0, 0.05) is 18.0 Å². The van der Waals surface area contributed by atoms with E-state index in [0.717, 1.165) is 6.54 Å². The minimum atomic E-state index is -3.10. The molecule has 3 nitrogen and oxygen atoms in total. The van der Waals surface area contributed by atoms with Gasteiger partial charge in [0.1, 0.15) is 6.42 Å². The molecule has 0 radical (unpaired) electrons. The number of nitrogens with zero attached hydrogens (tertiary/aromatic N) is 1. The van der Waals surface area contributed by atoms with Crippen molar-refractivity contribution in [1.82, 2.24) is 4.90 Å². The lowest BCUT2D eigenvalue weighted by molar-refractivity contribution is -0.152. The Labute approximate surface area is 101 Å². The Kier molecular flexibility index (Phi) is 4.12. The van der Waals surface area contributed by atoms with Crippen molar-refractivity contribution in [3.63, 3.8) is 0 Å². The number of rotatable bonds is 3. The number of hydrogen-bond acceptors (Lipinski definition) is 2. The lowest BCUT2D eigenvalue weighted by Gasteiger charge is -2.43. The molecule has 1 heterocycles. The third-order valence-corrected chi connectivity index (χ3v) is 3.35. The van der Waals surface area contributed by atoms with Crippen LogP contribution in [0.15, 0.2) is 0 Å². The van der Waals surface area contributed by atoms with Crippen molar-refractivity contribution in [2.45, 2.75) is 51.5 Å². The van der Waals surface area contributed by atoms with Gasteiger partial charge in [0.15, 0.2) is 0 Å². The zero-order chi connectivity index (χ0) is 13.3. The number of likely N-dealkylation sites (tertiary alicyclic amines) is 1. The van der Waals surface area contributed by atoms with Crippen LogP contribution < -0.4 is 0 Å². The Morgan fingerprint density at radius 1 is 1.41 bits per heavy atom. The molecule has 0 saturated carbocycles. The first kappa shape index (κ1) is 14.4. The highest BCUT2D eigenvalue weighted by Crippen LogP contribution is 2.36. The van der Waals surface area contributed by atoms with Gasteiger partial charge in [0.25, 0.3) is 5.92 Å². The normalized spacial score (nSPS) is 23.7. The smallest absolute Gasteiger partial charge is 0.309 e. The molecule has 0 bridgehead atoms. The maximum absolute atomic E-state index is 13.7. The fourth-order valence-corrected chi connectivity index (χ4v) is 2.28. The van der Waals surface area contributed by atoms with E-state index in [1.165, 1.54) is 0 Å². The summed E-state index contributed by atoms with van der Waals surface area (Å²) in [6.45, 7) is 7.06. The zero-order valence-electron chi connectivity index (χ0n) is 10.7. The summed E-state index contributed by atoms with van der Waals surface area (Å²) in [5.41, 5.74) is -0.141. The molecule has 1 rings (SSSR count). The van der Waals surface area contributed by atoms with Crippen LogP contribution in [0.1, 0.15) is 40.0 Å². The lowest BCUT2D eigenvalue weighted by atomic mass is 9.87. The molecule has 0 aromatic heterocycles. The number of alkyl halides is 2. The van der Waals surface area contributed by atoms with Crippen LogP contribution in [-0.2, 0) is 4.79 Å². The predicted molar refractivity (Wildman–Crippen MR) is 61.2 cm³/mol. The zero-order valence-corrected chi connectivity index (χ0v) is 10.7.